The lowest BCUT2D eigenvalue weighted by Crippen LogP contribution is -2.00. The Morgan fingerprint density at radius 3 is 2.58 bits per heavy atom. The van der Waals surface area contributed by atoms with Gasteiger partial charge in [-0.05, 0) is 35.9 Å². The van der Waals surface area contributed by atoms with Crippen LogP contribution in [0.2, 0.25) is 5.02 Å². The summed E-state index contributed by atoms with van der Waals surface area (Å²) in [5, 5.41) is 7.30. The van der Waals surface area contributed by atoms with Crippen molar-refractivity contribution in [3.8, 4) is 17.0 Å². The number of ether oxygens (including phenoxy) is 1. The van der Waals surface area contributed by atoms with Gasteiger partial charge in [0.25, 0.3) is 0 Å². The Morgan fingerprint density at radius 1 is 1.03 bits per heavy atom. The van der Waals surface area contributed by atoms with Gasteiger partial charge in [-0.2, -0.15) is 5.10 Å². The van der Waals surface area contributed by atoms with Crippen LogP contribution < -0.4 is 10.2 Å². The van der Waals surface area contributed by atoms with E-state index in [9.17, 15) is 8.78 Å². The zero-order chi connectivity index (χ0) is 21.6. The minimum atomic E-state index is -0.654. The molecule has 0 aliphatic heterocycles. The fraction of sp³-hybridized carbons (Fsp3) is 0.0435. The number of hydrogen-bond acceptors (Lipinski definition) is 5. The second kappa shape index (κ2) is 9.68. The van der Waals surface area contributed by atoms with Crippen LogP contribution in [0.3, 0.4) is 0 Å². The smallest absolute Gasteiger partial charge is 0.203 e. The molecular formula is C23H16ClF2N3OS. The number of anilines is 1. The maximum atomic E-state index is 13.4. The van der Waals surface area contributed by atoms with Crippen LogP contribution in [-0.2, 0) is 6.61 Å². The minimum absolute atomic E-state index is 0.00248. The van der Waals surface area contributed by atoms with Crippen molar-refractivity contribution >= 4 is 34.3 Å². The maximum absolute atomic E-state index is 13.4. The minimum Gasteiger partial charge on any atom is -0.488 e. The summed E-state index contributed by atoms with van der Waals surface area (Å²) < 4.78 is 32.5. The molecule has 1 N–H and O–H groups in total. The third-order valence-corrected chi connectivity index (χ3v) is 5.21. The molecule has 4 rings (SSSR count). The first-order chi connectivity index (χ1) is 15.1. The normalized spacial score (nSPS) is 11.1. The second-order valence-corrected chi connectivity index (χ2v) is 7.82. The van der Waals surface area contributed by atoms with Gasteiger partial charge in [0.1, 0.15) is 24.0 Å². The van der Waals surface area contributed by atoms with Crippen LogP contribution in [0, 0.1) is 11.6 Å². The van der Waals surface area contributed by atoms with Gasteiger partial charge in [-0.3, -0.25) is 5.43 Å². The van der Waals surface area contributed by atoms with Gasteiger partial charge in [-0.1, -0.05) is 41.9 Å². The summed E-state index contributed by atoms with van der Waals surface area (Å²) in [6.45, 7) is -0.00248. The van der Waals surface area contributed by atoms with Crippen molar-refractivity contribution in [2.24, 2.45) is 5.10 Å². The molecule has 156 valence electrons. The quantitative estimate of drug-likeness (QED) is 0.247. The van der Waals surface area contributed by atoms with Gasteiger partial charge in [0.05, 0.1) is 11.9 Å². The molecule has 0 atom stereocenters. The molecule has 4 aromatic rings. The van der Waals surface area contributed by atoms with Crippen molar-refractivity contribution < 1.29 is 13.5 Å². The van der Waals surface area contributed by atoms with E-state index in [1.807, 2.05) is 35.7 Å². The molecule has 0 amide bonds. The highest BCUT2D eigenvalue weighted by Crippen LogP contribution is 2.25. The highest BCUT2D eigenvalue weighted by Gasteiger charge is 2.07. The van der Waals surface area contributed by atoms with E-state index in [4.69, 9.17) is 16.3 Å². The topological polar surface area (TPSA) is 46.5 Å². The molecule has 31 heavy (non-hydrogen) atoms. The predicted molar refractivity (Wildman–Crippen MR) is 121 cm³/mol. The molecule has 0 fully saturated rings. The molecule has 0 radical (unpaired) electrons. The van der Waals surface area contributed by atoms with E-state index in [0.717, 1.165) is 17.3 Å². The van der Waals surface area contributed by atoms with Crippen LogP contribution in [0.15, 0.2) is 77.2 Å². The predicted octanol–water partition coefficient (Wildman–Crippen LogP) is 6.77. The fourth-order valence-corrected chi connectivity index (χ4v) is 3.68. The summed E-state index contributed by atoms with van der Waals surface area (Å²) in [4.78, 5) is 4.51. The lowest BCUT2D eigenvalue weighted by atomic mass is 10.2. The lowest BCUT2D eigenvalue weighted by molar-refractivity contribution is 0.304. The number of aromatic nitrogens is 1. The number of nitrogens with zero attached hydrogens (tertiary/aromatic N) is 2. The average Bonchev–Trinajstić information content (AvgIpc) is 3.22. The van der Waals surface area contributed by atoms with E-state index in [0.29, 0.717) is 27.0 Å². The average molecular weight is 456 g/mol. The van der Waals surface area contributed by atoms with Crippen LogP contribution in [0.4, 0.5) is 13.9 Å². The summed E-state index contributed by atoms with van der Waals surface area (Å²) in [6, 6.07) is 18.1. The third kappa shape index (κ3) is 5.65. The summed E-state index contributed by atoms with van der Waals surface area (Å²) in [7, 11) is 0. The van der Waals surface area contributed by atoms with Crippen molar-refractivity contribution in [2.75, 3.05) is 5.43 Å². The largest absolute Gasteiger partial charge is 0.488 e. The SMILES string of the molecule is Fc1cc(F)cc(COc2ccc(Cl)cc2C=NNc2nc(-c3ccccc3)cs2)c1. The summed E-state index contributed by atoms with van der Waals surface area (Å²) in [5.74, 6) is -0.832. The Hall–Kier alpha value is -3.29. The maximum Gasteiger partial charge on any atom is 0.203 e. The second-order valence-electron chi connectivity index (χ2n) is 6.52. The molecule has 3 aromatic carbocycles. The summed E-state index contributed by atoms with van der Waals surface area (Å²) in [6.07, 6.45) is 1.55. The Kier molecular flexibility index (Phi) is 6.54. The van der Waals surface area contributed by atoms with E-state index in [1.165, 1.54) is 23.5 Å². The van der Waals surface area contributed by atoms with E-state index in [-0.39, 0.29) is 6.61 Å². The molecule has 8 heteroatoms. The molecule has 4 nitrogen and oxygen atoms in total. The van der Waals surface area contributed by atoms with Gasteiger partial charge in [0.15, 0.2) is 0 Å². The molecule has 0 aliphatic carbocycles. The standard InChI is InChI=1S/C23H16ClF2N3OS/c24-18-6-7-22(30-13-15-8-19(25)11-20(26)9-15)17(10-18)12-27-29-23-28-21(14-31-23)16-4-2-1-3-5-16/h1-12,14H,13H2,(H,28,29). The van der Waals surface area contributed by atoms with Gasteiger partial charge in [-0.15, -0.1) is 11.3 Å². The van der Waals surface area contributed by atoms with Gasteiger partial charge < -0.3 is 4.74 Å². The first-order valence-corrected chi connectivity index (χ1v) is 10.5. The van der Waals surface area contributed by atoms with Gasteiger partial charge in [-0.25, -0.2) is 13.8 Å². The van der Waals surface area contributed by atoms with E-state index in [1.54, 1.807) is 24.4 Å². The van der Waals surface area contributed by atoms with Crippen molar-refractivity contribution in [3.63, 3.8) is 0 Å². The molecule has 0 aliphatic rings. The van der Waals surface area contributed by atoms with E-state index >= 15 is 0 Å². The lowest BCUT2D eigenvalue weighted by Gasteiger charge is -2.10. The van der Waals surface area contributed by atoms with Crippen molar-refractivity contribution in [3.05, 3.63) is 99.9 Å². The number of thiazole rings is 1. The summed E-state index contributed by atoms with van der Waals surface area (Å²) in [5.41, 5.74) is 5.77. The van der Waals surface area contributed by atoms with Crippen molar-refractivity contribution in [2.45, 2.75) is 6.61 Å². The Balaban J connectivity index is 1.45. The molecule has 1 aromatic heterocycles. The number of rotatable bonds is 7. The molecule has 1 heterocycles. The van der Waals surface area contributed by atoms with Crippen molar-refractivity contribution in [1.82, 2.24) is 4.98 Å². The van der Waals surface area contributed by atoms with Crippen LogP contribution in [0.25, 0.3) is 11.3 Å². The third-order valence-electron chi connectivity index (χ3n) is 4.23. The monoisotopic (exact) mass is 455 g/mol. The molecule has 0 spiro atoms. The Labute approximate surface area is 186 Å². The summed E-state index contributed by atoms with van der Waals surface area (Å²) >= 11 is 7.53. The van der Waals surface area contributed by atoms with Crippen LogP contribution >= 0.6 is 22.9 Å². The molecular weight excluding hydrogens is 440 g/mol. The zero-order valence-corrected chi connectivity index (χ0v) is 17.6. The molecule has 0 unspecified atom stereocenters. The van der Waals surface area contributed by atoms with Gasteiger partial charge in [0, 0.05) is 27.6 Å². The number of hydrazone groups is 1. The highest BCUT2D eigenvalue weighted by molar-refractivity contribution is 7.14. The van der Waals surface area contributed by atoms with Crippen LogP contribution in [0.1, 0.15) is 11.1 Å². The van der Waals surface area contributed by atoms with E-state index < -0.39 is 11.6 Å². The van der Waals surface area contributed by atoms with Crippen molar-refractivity contribution in [1.29, 1.82) is 0 Å². The highest BCUT2D eigenvalue weighted by atomic mass is 35.5. The van der Waals surface area contributed by atoms with Crippen LogP contribution in [0.5, 0.6) is 5.75 Å². The van der Waals surface area contributed by atoms with E-state index in [2.05, 4.69) is 15.5 Å². The first-order valence-electron chi connectivity index (χ1n) is 9.24. The number of nitrogens with one attached hydrogen (secondary N) is 1. The van der Waals surface area contributed by atoms with Gasteiger partial charge in [0.2, 0.25) is 5.13 Å². The molecule has 0 saturated heterocycles. The zero-order valence-electron chi connectivity index (χ0n) is 16.1. The van der Waals surface area contributed by atoms with Crippen LogP contribution in [-0.4, -0.2) is 11.2 Å². The number of halogens is 3. The van der Waals surface area contributed by atoms with Gasteiger partial charge >= 0.3 is 0 Å². The fourth-order valence-electron chi connectivity index (χ4n) is 2.83. The Bertz CT molecular complexity index is 1190. The molecule has 0 bridgehead atoms. The number of hydrogen-bond donors (Lipinski definition) is 1. The number of benzene rings is 3. The Morgan fingerprint density at radius 2 is 1.81 bits per heavy atom. The first kappa shape index (κ1) is 21.0. The molecule has 0 saturated carbocycles.